The number of carbonyl (C=O) groups excluding carboxylic acids is 1. The van der Waals surface area contributed by atoms with E-state index in [4.69, 9.17) is 0 Å². The Bertz CT molecular complexity index is 202. The van der Waals surface area contributed by atoms with Gasteiger partial charge in [0.15, 0.2) is 0 Å². The van der Waals surface area contributed by atoms with Crippen molar-refractivity contribution in [3.05, 3.63) is 0 Å². The number of hydrogen-bond donors (Lipinski definition) is 2. The van der Waals surface area contributed by atoms with E-state index in [0.29, 0.717) is 6.54 Å². The Morgan fingerprint density at radius 3 is 2.38 bits per heavy atom. The van der Waals surface area contributed by atoms with Gasteiger partial charge in [-0.15, -0.1) is 0 Å². The highest BCUT2D eigenvalue weighted by molar-refractivity contribution is 5.77. The Hall–Kier alpha value is -0.650. The maximum Gasteiger partial charge on any atom is 0.234 e. The predicted molar refractivity (Wildman–Crippen MR) is 65.5 cm³/mol. The highest BCUT2D eigenvalue weighted by Crippen LogP contribution is 2.00. The molecule has 1 fully saturated rings. The average Bonchev–Trinajstić information content (AvgIpc) is 2.28. The lowest BCUT2D eigenvalue weighted by molar-refractivity contribution is -0.122. The van der Waals surface area contributed by atoms with E-state index in [2.05, 4.69) is 20.4 Å². The van der Waals surface area contributed by atoms with Gasteiger partial charge in [-0.2, -0.15) is 0 Å². The first-order chi connectivity index (χ1) is 7.76. The lowest BCUT2D eigenvalue weighted by atomic mass is 10.3. The first-order valence-electron chi connectivity index (χ1n) is 6.12. The SMILES string of the molecule is CCNC(=O)CN1CCN(CCNC)CC1. The molecule has 0 bridgehead atoms. The van der Waals surface area contributed by atoms with Gasteiger partial charge in [0, 0.05) is 45.8 Å². The first-order valence-corrected chi connectivity index (χ1v) is 6.12. The molecule has 16 heavy (non-hydrogen) atoms. The van der Waals surface area contributed by atoms with Gasteiger partial charge in [-0.05, 0) is 14.0 Å². The highest BCUT2D eigenvalue weighted by Gasteiger charge is 2.17. The molecule has 5 nitrogen and oxygen atoms in total. The van der Waals surface area contributed by atoms with Crippen molar-refractivity contribution in [2.75, 3.05) is 59.4 Å². The third kappa shape index (κ3) is 4.92. The second-order valence-corrected chi connectivity index (χ2v) is 4.17. The van der Waals surface area contributed by atoms with Crippen LogP contribution in [0.15, 0.2) is 0 Å². The van der Waals surface area contributed by atoms with Gasteiger partial charge in [0.25, 0.3) is 0 Å². The zero-order valence-corrected chi connectivity index (χ0v) is 10.5. The minimum Gasteiger partial charge on any atom is -0.355 e. The largest absolute Gasteiger partial charge is 0.355 e. The van der Waals surface area contributed by atoms with Crippen molar-refractivity contribution < 1.29 is 4.79 Å². The minimum atomic E-state index is 0.145. The van der Waals surface area contributed by atoms with Gasteiger partial charge in [-0.3, -0.25) is 14.6 Å². The number of nitrogens with one attached hydrogen (secondary N) is 2. The van der Waals surface area contributed by atoms with Crippen LogP contribution in [-0.4, -0.2) is 75.1 Å². The molecule has 1 aliphatic rings. The van der Waals surface area contributed by atoms with Crippen LogP contribution >= 0.6 is 0 Å². The standard InChI is InChI=1S/C11H24N4O/c1-3-13-11(16)10-15-8-6-14(7-9-15)5-4-12-2/h12H,3-10H2,1-2H3,(H,13,16). The van der Waals surface area contributed by atoms with E-state index in [1.54, 1.807) is 0 Å². The van der Waals surface area contributed by atoms with Gasteiger partial charge in [0.2, 0.25) is 5.91 Å². The number of carbonyl (C=O) groups is 1. The summed E-state index contributed by atoms with van der Waals surface area (Å²) in [6.45, 7) is 9.51. The van der Waals surface area contributed by atoms with Crippen LogP contribution in [0.25, 0.3) is 0 Å². The molecule has 5 heteroatoms. The molecule has 0 saturated carbocycles. The molecule has 1 amide bonds. The third-order valence-electron chi connectivity index (χ3n) is 2.88. The van der Waals surface area contributed by atoms with Crippen LogP contribution in [0.5, 0.6) is 0 Å². The van der Waals surface area contributed by atoms with Gasteiger partial charge in [0.1, 0.15) is 0 Å². The zero-order valence-electron chi connectivity index (χ0n) is 10.5. The fourth-order valence-electron chi connectivity index (χ4n) is 1.90. The molecule has 1 heterocycles. The second-order valence-electron chi connectivity index (χ2n) is 4.17. The first kappa shape index (κ1) is 13.4. The molecule has 0 unspecified atom stereocenters. The molecule has 1 aliphatic heterocycles. The summed E-state index contributed by atoms with van der Waals surface area (Å²) in [6, 6.07) is 0. The summed E-state index contributed by atoms with van der Waals surface area (Å²) in [4.78, 5) is 16.0. The second kappa shape index (κ2) is 7.60. The molecule has 0 radical (unpaired) electrons. The monoisotopic (exact) mass is 228 g/mol. The summed E-state index contributed by atoms with van der Waals surface area (Å²) < 4.78 is 0. The van der Waals surface area contributed by atoms with Crippen LogP contribution in [0, 0.1) is 0 Å². The van der Waals surface area contributed by atoms with Crippen molar-refractivity contribution in [3.63, 3.8) is 0 Å². The third-order valence-corrected chi connectivity index (χ3v) is 2.88. The fraction of sp³-hybridized carbons (Fsp3) is 0.909. The van der Waals surface area contributed by atoms with E-state index in [-0.39, 0.29) is 5.91 Å². The van der Waals surface area contributed by atoms with Crippen LogP contribution in [0.2, 0.25) is 0 Å². The lowest BCUT2D eigenvalue weighted by Gasteiger charge is -2.34. The number of hydrogen-bond acceptors (Lipinski definition) is 4. The summed E-state index contributed by atoms with van der Waals surface area (Å²) in [5.74, 6) is 0.145. The number of piperazine rings is 1. The van der Waals surface area contributed by atoms with Gasteiger partial charge >= 0.3 is 0 Å². The molecule has 0 aromatic rings. The maximum absolute atomic E-state index is 11.4. The normalized spacial score (nSPS) is 18.6. The lowest BCUT2D eigenvalue weighted by Crippen LogP contribution is -2.50. The van der Waals surface area contributed by atoms with Gasteiger partial charge in [0.05, 0.1) is 6.54 Å². The van der Waals surface area contributed by atoms with Crippen LogP contribution in [0.4, 0.5) is 0 Å². The topological polar surface area (TPSA) is 47.6 Å². The minimum absolute atomic E-state index is 0.145. The molecular weight excluding hydrogens is 204 g/mol. The van der Waals surface area contributed by atoms with E-state index < -0.39 is 0 Å². The quantitative estimate of drug-likeness (QED) is 0.610. The summed E-state index contributed by atoms with van der Waals surface area (Å²) in [5, 5.41) is 5.99. The predicted octanol–water partition coefficient (Wildman–Crippen LogP) is -1.04. The maximum atomic E-state index is 11.4. The van der Waals surface area contributed by atoms with E-state index in [1.165, 1.54) is 0 Å². The highest BCUT2D eigenvalue weighted by atomic mass is 16.2. The Morgan fingerprint density at radius 2 is 1.81 bits per heavy atom. The molecule has 0 atom stereocenters. The molecule has 94 valence electrons. The van der Waals surface area contributed by atoms with Gasteiger partial charge < -0.3 is 10.6 Å². The molecule has 0 spiro atoms. The summed E-state index contributed by atoms with van der Waals surface area (Å²) in [7, 11) is 1.98. The van der Waals surface area contributed by atoms with Crippen LogP contribution < -0.4 is 10.6 Å². The van der Waals surface area contributed by atoms with Crippen molar-refractivity contribution in [2.45, 2.75) is 6.92 Å². The fourth-order valence-corrected chi connectivity index (χ4v) is 1.90. The van der Waals surface area contributed by atoms with Crippen molar-refractivity contribution in [3.8, 4) is 0 Å². The smallest absolute Gasteiger partial charge is 0.234 e. The van der Waals surface area contributed by atoms with Crippen molar-refractivity contribution in [1.82, 2.24) is 20.4 Å². The number of likely N-dealkylation sites (N-methyl/N-ethyl adjacent to an activating group) is 2. The van der Waals surface area contributed by atoms with Crippen molar-refractivity contribution in [2.24, 2.45) is 0 Å². The van der Waals surface area contributed by atoms with Crippen LogP contribution in [0.1, 0.15) is 6.92 Å². The Morgan fingerprint density at radius 1 is 1.19 bits per heavy atom. The van der Waals surface area contributed by atoms with Crippen LogP contribution in [0.3, 0.4) is 0 Å². The summed E-state index contributed by atoms with van der Waals surface area (Å²) in [6.07, 6.45) is 0. The Labute approximate surface area is 98.2 Å². The van der Waals surface area contributed by atoms with E-state index >= 15 is 0 Å². The van der Waals surface area contributed by atoms with Crippen molar-refractivity contribution in [1.29, 1.82) is 0 Å². The Kier molecular flexibility index (Phi) is 6.37. The molecule has 0 aromatic heterocycles. The Balaban J connectivity index is 2.14. The van der Waals surface area contributed by atoms with E-state index in [1.807, 2.05) is 14.0 Å². The van der Waals surface area contributed by atoms with E-state index in [0.717, 1.165) is 45.8 Å². The molecule has 0 aromatic carbocycles. The van der Waals surface area contributed by atoms with Gasteiger partial charge in [-0.25, -0.2) is 0 Å². The number of rotatable bonds is 6. The molecule has 1 rings (SSSR count). The summed E-state index contributed by atoms with van der Waals surface area (Å²) >= 11 is 0. The van der Waals surface area contributed by atoms with Crippen LogP contribution in [-0.2, 0) is 4.79 Å². The van der Waals surface area contributed by atoms with Gasteiger partial charge in [-0.1, -0.05) is 0 Å². The molecule has 1 saturated heterocycles. The average molecular weight is 228 g/mol. The number of nitrogens with zero attached hydrogens (tertiary/aromatic N) is 2. The zero-order chi connectivity index (χ0) is 11.8. The van der Waals surface area contributed by atoms with E-state index in [9.17, 15) is 4.79 Å². The number of amides is 1. The molecular formula is C11H24N4O. The summed E-state index contributed by atoms with van der Waals surface area (Å²) in [5.41, 5.74) is 0. The van der Waals surface area contributed by atoms with Crippen molar-refractivity contribution >= 4 is 5.91 Å². The molecule has 2 N–H and O–H groups in total. The molecule has 0 aliphatic carbocycles.